The van der Waals surface area contributed by atoms with E-state index in [0.717, 1.165) is 31.7 Å². The van der Waals surface area contributed by atoms with Crippen LogP contribution < -0.4 is 21.3 Å². The molecule has 454 valence electrons. The van der Waals surface area contributed by atoms with Gasteiger partial charge in [-0.2, -0.15) is 0 Å². The van der Waals surface area contributed by atoms with Crippen LogP contribution >= 0.6 is 29.2 Å². The van der Waals surface area contributed by atoms with Gasteiger partial charge in [0.1, 0.15) is 29.3 Å². The normalized spacial score (nSPS) is 17.0. The molecule has 5 rings (SSSR count). The maximum Gasteiger partial charge on any atom is 0.357 e. The van der Waals surface area contributed by atoms with Crippen molar-refractivity contribution in [1.82, 2.24) is 55.7 Å². The Hall–Kier alpha value is -5.79. The van der Waals surface area contributed by atoms with Gasteiger partial charge >= 0.3 is 7.60 Å². The SMILES string of the molecule is CC[C@H](C)[C@@H]([C@@H](CC(=O)N1CCC[C@H]1C[C@@H](C)C(=O)N[C@H](C)[C@@H](O)c1ccccc1)OC)N(C)CC(C=O)(NC(=O)[C@H](C(C)C)N(C)C(=O)CCSSCCC(=O)Nc1ccc(-c2nnc(-c3ccc(P(=O)(O)O)cn3)nn2)nc1)C(C)C. The number of nitrogens with zero attached hydrogens (tertiary/aromatic N) is 9. The fourth-order valence-corrected chi connectivity index (χ4v) is 12.7. The van der Waals surface area contributed by atoms with E-state index in [0.29, 0.717) is 41.4 Å². The van der Waals surface area contributed by atoms with E-state index in [1.165, 1.54) is 44.8 Å². The third-order valence-electron chi connectivity index (χ3n) is 15.3. The molecule has 0 saturated carbocycles. The van der Waals surface area contributed by atoms with Crippen molar-refractivity contribution < 1.29 is 53.0 Å². The first kappa shape index (κ1) is 68.0. The average Bonchev–Trinajstić information content (AvgIpc) is 4.08. The molecule has 4 aromatic rings. The minimum atomic E-state index is -4.46. The highest BCUT2D eigenvalue weighted by Crippen LogP contribution is 2.34. The first-order valence-corrected chi connectivity index (χ1v) is 32.1. The topological polar surface area (TPSA) is 313 Å². The third-order valence-corrected chi connectivity index (χ3v) is 18.7. The highest BCUT2D eigenvalue weighted by Gasteiger charge is 2.44. The number of likely N-dealkylation sites (tertiary alicyclic amines) is 1. The molecular weight excluding hydrogens is 1120 g/mol. The molecule has 5 amide bonds. The molecule has 0 aliphatic carbocycles. The molecule has 4 heterocycles. The number of hydrogen-bond acceptors (Lipinski definition) is 18. The van der Waals surface area contributed by atoms with E-state index < -0.39 is 49.3 Å². The van der Waals surface area contributed by atoms with Crippen molar-refractivity contribution in [3.63, 3.8) is 0 Å². The van der Waals surface area contributed by atoms with Crippen LogP contribution in [0, 0.1) is 23.7 Å². The number of pyridine rings is 2. The number of ether oxygens (including phenoxy) is 1. The quantitative estimate of drug-likeness (QED) is 0.0152. The van der Waals surface area contributed by atoms with E-state index in [9.17, 15) is 48.2 Å². The summed E-state index contributed by atoms with van der Waals surface area (Å²) in [7, 11) is 3.47. The van der Waals surface area contributed by atoms with Crippen molar-refractivity contribution in [3.05, 3.63) is 72.6 Å². The first-order chi connectivity index (χ1) is 39.3. The number of methoxy groups -OCH3 is 1. The van der Waals surface area contributed by atoms with Crippen LogP contribution in [0.3, 0.4) is 0 Å². The van der Waals surface area contributed by atoms with Crippen molar-refractivity contribution in [1.29, 1.82) is 0 Å². The van der Waals surface area contributed by atoms with Gasteiger partial charge in [0.15, 0.2) is 0 Å². The minimum absolute atomic E-state index is 0.00459. The summed E-state index contributed by atoms with van der Waals surface area (Å²) < 4.78 is 17.6. The number of hydrogen-bond donors (Lipinski definition) is 6. The number of aliphatic hydroxyl groups excluding tert-OH is 1. The largest absolute Gasteiger partial charge is 0.386 e. The Balaban J connectivity index is 1.10. The van der Waals surface area contributed by atoms with Crippen molar-refractivity contribution in [2.45, 2.75) is 142 Å². The number of aliphatic hydroxyl groups is 1. The lowest BCUT2D eigenvalue weighted by Crippen LogP contribution is -2.65. The molecule has 1 aliphatic heterocycles. The number of anilines is 1. The van der Waals surface area contributed by atoms with Crippen LogP contribution in [-0.4, -0.2) is 177 Å². The van der Waals surface area contributed by atoms with Crippen molar-refractivity contribution in [3.8, 4) is 23.0 Å². The Labute approximate surface area is 495 Å². The molecule has 83 heavy (non-hydrogen) atoms. The van der Waals surface area contributed by atoms with Gasteiger partial charge in [-0.25, -0.2) is 0 Å². The fourth-order valence-electron chi connectivity index (χ4n) is 10.2. The van der Waals surface area contributed by atoms with Gasteiger partial charge < -0.3 is 50.2 Å². The van der Waals surface area contributed by atoms with E-state index in [1.54, 1.807) is 33.2 Å². The maximum absolute atomic E-state index is 14.4. The Kier molecular flexibility index (Phi) is 26.2. The Morgan fingerprint density at radius 1 is 0.867 bits per heavy atom. The molecule has 1 aliphatic rings. The highest BCUT2D eigenvalue weighted by atomic mass is 33.1. The predicted octanol–water partition coefficient (Wildman–Crippen LogP) is 5.49. The summed E-state index contributed by atoms with van der Waals surface area (Å²) in [5.74, 6) is -1.31. The smallest absolute Gasteiger partial charge is 0.357 e. The molecule has 0 radical (unpaired) electrons. The van der Waals surface area contributed by atoms with E-state index in [2.05, 4.69) is 60.2 Å². The first-order valence-electron chi connectivity index (χ1n) is 28.0. The Morgan fingerprint density at radius 2 is 1.48 bits per heavy atom. The maximum atomic E-state index is 14.4. The minimum Gasteiger partial charge on any atom is -0.386 e. The molecule has 9 atom stereocenters. The van der Waals surface area contributed by atoms with Crippen LogP contribution in [0.2, 0.25) is 0 Å². The van der Waals surface area contributed by atoms with E-state index in [4.69, 9.17) is 4.74 Å². The molecule has 0 spiro atoms. The van der Waals surface area contributed by atoms with Gasteiger partial charge in [-0.05, 0) is 80.8 Å². The lowest BCUT2D eigenvalue weighted by molar-refractivity contribution is -0.143. The number of benzene rings is 1. The van der Waals surface area contributed by atoms with Crippen molar-refractivity contribution >= 4 is 76.0 Å². The van der Waals surface area contributed by atoms with Crippen LogP contribution in [0.15, 0.2) is 67.0 Å². The van der Waals surface area contributed by atoms with Crippen LogP contribution in [0.4, 0.5) is 5.69 Å². The number of carbonyl (C=O) groups is 6. The summed E-state index contributed by atoms with van der Waals surface area (Å²) in [6.07, 6.45) is 4.95. The number of carbonyl (C=O) groups excluding carboxylic acids is 6. The van der Waals surface area contributed by atoms with Gasteiger partial charge in [0.25, 0.3) is 0 Å². The lowest BCUT2D eigenvalue weighted by Gasteiger charge is -2.44. The molecule has 1 saturated heterocycles. The van der Waals surface area contributed by atoms with Gasteiger partial charge in [-0.1, -0.05) is 107 Å². The lowest BCUT2D eigenvalue weighted by atomic mass is 9.84. The summed E-state index contributed by atoms with van der Waals surface area (Å²) in [6, 6.07) is 13.1. The summed E-state index contributed by atoms with van der Waals surface area (Å²) in [5.41, 5.74) is 0.327. The number of aromatic nitrogens is 6. The van der Waals surface area contributed by atoms with Crippen LogP contribution in [0.25, 0.3) is 23.0 Å². The second kappa shape index (κ2) is 31.9. The van der Waals surface area contributed by atoms with Crippen LogP contribution in [0.5, 0.6) is 0 Å². The van der Waals surface area contributed by atoms with Crippen molar-refractivity contribution in [2.24, 2.45) is 23.7 Å². The molecule has 23 nitrogen and oxygen atoms in total. The number of rotatable bonds is 32. The molecule has 1 fully saturated rings. The number of nitrogens with one attached hydrogen (secondary N) is 3. The van der Waals surface area contributed by atoms with Gasteiger partial charge in [-0.3, -0.25) is 43.4 Å². The second-order valence-corrected chi connectivity index (χ2v) is 26.4. The molecular formula is C57H83N12O11PS2. The number of aldehydes is 1. The molecule has 26 heteroatoms. The molecule has 1 aromatic carbocycles. The van der Waals surface area contributed by atoms with Crippen molar-refractivity contribution in [2.75, 3.05) is 51.1 Å². The van der Waals surface area contributed by atoms with Crippen LogP contribution in [0.1, 0.15) is 112 Å². The molecule has 3 aromatic heterocycles. The van der Waals surface area contributed by atoms with Gasteiger partial charge in [-0.15, -0.1) is 20.4 Å². The van der Waals surface area contributed by atoms with Crippen LogP contribution in [-0.2, 0) is 38.1 Å². The molecule has 6 N–H and O–H groups in total. The number of amides is 5. The monoisotopic (exact) mass is 1210 g/mol. The predicted molar refractivity (Wildman–Crippen MR) is 321 cm³/mol. The van der Waals surface area contributed by atoms with Gasteiger partial charge in [0.2, 0.25) is 41.2 Å². The Bertz CT molecular complexity index is 2810. The average molecular weight is 1210 g/mol. The summed E-state index contributed by atoms with van der Waals surface area (Å²) in [4.78, 5) is 114. The standard InChI is InChI=1S/C57H83N12O11PS2/c1-12-37(6)51(46(80-11)30-49(73)69-26-16-19-42(69)29-38(7)55(75)60-39(8)52(74)40-17-14-13-15-18-40)67(9)33-57(34-70,36(4)5)62-56(76)50(35(2)3)68(10)48(72)25-28-83-82-27-24-47(71)61-41-20-22-44(58-31-41)53-63-65-54(66-64-53)45-23-21-43(32-59-45)81(77,78)79/h13-15,17-18,20-23,31-32,34-39,42,46,50-52,74H,12,16,19,24-30,33H2,1-11H3,(H,60,75)(H,61,71)(H,62,76)(H2,77,78,79)/t37-,38+,39+,42-,46+,50-,51-,52+,57?/m0/s1. The summed E-state index contributed by atoms with van der Waals surface area (Å²) in [5, 5.41) is 35.5. The number of likely N-dealkylation sites (N-methyl/N-ethyl adjacent to an activating group) is 2. The van der Waals surface area contributed by atoms with Gasteiger partial charge in [0, 0.05) is 75.8 Å². The van der Waals surface area contributed by atoms with E-state index in [-0.39, 0.29) is 102 Å². The Morgan fingerprint density at radius 3 is 2.01 bits per heavy atom. The van der Waals surface area contributed by atoms with E-state index in [1.807, 2.05) is 81.8 Å². The van der Waals surface area contributed by atoms with Gasteiger partial charge in [0.05, 0.1) is 41.9 Å². The summed E-state index contributed by atoms with van der Waals surface area (Å²) >= 11 is 0. The summed E-state index contributed by atoms with van der Waals surface area (Å²) in [6.45, 7) is 15.8. The van der Waals surface area contributed by atoms with E-state index >= 15 is 0 Å². The second-order valence-electron chi connectivity index (χ2n) is 22.1. The zero-order valence-corrected chi connectivity index (χ0v) is 51.9. The highest BCUT2D eigenvalue weighted by molar-refractivity contribution is 8.76. The molecule has 0 bridgehead atoms. The fraction of sp³-hybridized carbons (Fsp3) is 0.579. The zero-order valence-electron chi connectivity index (χ0n) is 49.4. The molecule has 1 unspecified atom stereocenters. The third kappa shape index (κ3) is 19.1. The zero-order chi connectivity index (χ0) is 61.2.